The highest BCUT2D eigenvalue weighted by molar-refractivity contribution is 7.86. The summed E-state index contributed by atoms with van der Waals surface area (Å²) < 4.78 is 112. The zero-order valence-electron chi connectivity index (χ0n) is 30.8. The number of carbonyl (C=O) groups is 2. The molecular formula is C37H43N2O14S3+. The molecule has 302 valence electrons. The van der Waals surface area contributed by atoms with E-state index in [2.05, 4.69) is 0 Å². The van der Waals surface area contributed by atoms with Crippen LogP contribution in [0.4, 0.5) is 11.4 Å². The largest absolute Gasteiger partial charge is 0.480 e. The van der Waals surface area contributed by atoms with Crippen molar-refractivity contribution in [3.05, 3.63) is 95.4 Å². The maximum Gasteiger partial charge on any atom is 0.324 e. The van der Waals surface area contributed by atoms with Gasteiger partial charge in [-0.2, -0.15) is 29.8 Å². The van der Waals surface area contributed by atoms with E-state index in [0.29, 0.717) is 39.5 Å². The van der Waals surface area contributed by atoms with Crippen LogP contribution in [0.3, 0.4) is 0 Å². The number of aliphatic carboxylic acids is 1. The monoisotopic (exact) mass is 835 g/mol. The van der Waals surface area contributed by atoms with Crippen LogP contribution < -0.4 is 9.64 Å². The summed E-state index contributed by atoms with van der Waals surface area (Å²) in [5, 5.41) is 10.6. The predicted molar refractivity (Wildman–Crippen MR) is 205 cm³/mol. The number of carboxylic acids is 1. The fraction of sp³-hybridized carbons (Fsp3) is 0.378. The number of hydrogen-bond acceptors (Lipinski definition) is 11. The fourth-order valence-corrected chi connectivity index (χ4v) is 8.60. The first kappa shape index (κ1) is 42.5. The number of rotatable bonds is 15. The van der Waals surface area contributed by atoms with Crippen molar-refractivity contribution in [2.75, 3.05) is 36.1 Å². The van der Waals surface area contributed by atoms with Gasteiger partial charge in [0.1, 0.15) is 6.54 Å². The standard InChI is InChI=1S/C37H42N2O14S3/c1-4-52-35(42)37(34(40)41)23-25(21-26(24-37)12-16-33-39(18-8-20-55(46,47)48)30-9-5-6-10-31(30)53-33)11-15-32-36(2,3)28-22-27(56(49,50)51)13-14-29(28)38(32)17-7-19-54(43,44)45/h5-6,9-16,21-22H,4,7-8,17-20,23-24H2,1-3H3,(H3-,40,41,43,44,45,46,47,48,49,50,51)/p+1. The van der Waals surface area contributed by atoms with Crippen molar-refractivity contribution in [1.82, 2.24) is 0 Å². The minimum absolute atomic E-state index is 0.0141. The number of ether oxygens (including phenoxy) is 2. The van der Waals surface area contributed by atoms with E-state index in [4.69, 9.17) is 9.47 Å². The summed E-state index contributed by atoms with van der Waals surface area (Å²) in [6, 6.07) is 11.0. The van der Waals surface area contributed by atoms with Crippen LogP contribution in [-0.2, 0) is 50.1 Å². The molecular weight excluding hydrogens is 793 g/mol. The third-order valence-corrected chi connectivity index (χ3v) is 12.2. The summed E-state index contributed by atoms with van der Waals surface area (Å²) in [7, 11) is -13.1. The van der Waals surface area contributed by atoms with Gasteiger partial charge in [0.15, 0.2) is 16.9 Å². The van der Waals surface area contributed by atoms with Crippen LogP contribution >= 0.6 is 0 Å². The first-order chi connectivity index (χ1) is 26.1. The molecule has 56 heavy (non-hydrogen) atoms. The van der Waals surface area contributed by atoms with E-state index in [1.807, 2.05) is 0 Å². The molecule has 0 saturated heterocycles. The van der Waals surface area contributed by atoms with E-state index in [-0.39, 0.29) is 56.2 Å². The molecule has 0 amide bonds. The molecule has 2 aromatic rings. The highest BCUT2D eigenvalue weighted by Gasteiger charge is 2.50. The molecule has 3 aliphatic rings. The van der Waals surface area contributed by atoms with E-state index >= 15 is 0 Å². The molecule has 2 aromatic carbocycles. The van der Waals surface area contributed by atoms with Gasteiger partial charge in [0, 0.05) is 30.7 Å². The van der Waals surface area contributed by atoms with Gasteiger partial charge < -0.3 is 19.5 Å². The third kappa shape index (κ3) is 9.47. The van der Waals surface area contributed by atoms with Crippen LogP contribution in [-0.4, -0.2) is 97.4 Å². The fourth-order valence-electron chi connectivity index (χ4n) is 7.10. The molecule has 2 heterocycles. The van der Waals surface area contributed by atoms with E-state index < -0.39 is 64.6 Å². The quantitative estimate of drug-likeness (QED) is 0.0839. The Balaban J connectivity index is 1.59. The predicted octanol–water partition coefficient (Wildman–Crippen LogP) is 4.44. The lowest BCUT2D eigenvalue weighted by molar-refractivity contribution is -0.437. The Bertz CT molecular complexity index is 2430. The topological polar surface area (TPSA) is 242 Å². The van der Waals surface area contributed by atoms with Crippen LogP contribution in [0.1, 0.15) is 52.0 Å². The molecule has 0 aromatic heterocycles. The van der Waals surface area contributed by atoms with Crippen LogP contribution in [0.5, 0.6) is 5.75 Å². The van der Waals surface area contributed by atoms with Gasteiger partial charge in [-0.15, -0.1) is 0 Å². The minimum Gasteiger partial charge on any atom is -0.480 e. The number of esters is 1. The summed E-state index contributed by atoms with van der Waals surface area (Å²) in [6.07, 6.45) is 7.65. The average molecular weight is 836 g/mol. The molecule has 1 aliphatic carbocycles. The highest BCUT2D eigenvalue weighted by atomic mass is 32.2. The Morgan fingerprint density at radius 1 is 0.929 bits per heavy atom. The Morgan fingerprint density at radius 2 is 1.61 bits per heavy atom. The van der Waals surface area contributed by atoms with Crippen molar-refractivity contribution in [3.8, 4) is 5.75 Å². The summed E-state index contributed by atoms with van der Waals surface area (Å²) in [5.41, 5.74) is 0.0174. The van der Waals surface area contributed by atoms with Crippen molar-refractivity contribution in [2.24, 2.45) is 5.41 Å². The number of hydrogen-bond donors (Lipinski definition) is 4. The summed E-state index contributed by atoms with van der Waals surface area (Å²) in [4.78, 5) is 27.8. The lowest BCUT2D eigenvalue weighted by Gasteiger charge is -2.31. The number of benzene rings is 2. The van der Waals surface area contributed by atoms with Crippen molar-refractivity contribution in [3.63, 3.8) is 0 Å². The van der Waals surface area contributed by atoms with Gasteiger partial charge in [0.2, 0.25) is 11.6 Å². The van der Waals surface area contributed by atoms with Gasteiger partial charge in [0.25, 0.3) is 30.4 Å². The smallest absolute Gasteiger partial charge is 0.324 e. The van der Waals surface area contributed by atoms with E-state index in [9.17, 15) is 53.6 Å². The second kappa shape index (κ2) is 16.1. The number of fused-ring (bicyclic) bond motifs is 2. The number of carboxylic acid groups (broad SMARTS) is 1. The Morgan fingerprint density at radius 3 is 2.25 bits per heavy atom. The number of allylic oxidation sites excluding steroid dienone is 7. The Hall–Kier alpha value is -4.66. The number of anilines is 1. The molecule has 19 heteroatoms. The average Bonchev–Trinajstić information content (AvgIpc) is 3.55. The Labute approximate surface area is 325 Å². The molecule has 2 aliphatic heterocycles. The summed E-state index contributed by atoms with van der Waals surface area (Å²) >= 11 is 0. The number of para-hydroxylation sites is 2. The van der Waals surface area contributed by atoms with Crippen molar-refractivity contribution >= 4 is 59.4 Å². The lowest BCUT2D eigenvalue weighted by atomic mass is 9.71. The molecule has 4 N–H and O–H groups in total. The van der Waals surface area contributed by atoms with Crippen LogP contribution in [0.25, 0.3) is 0 Å². The van der Waals surface area contributed by atoms with Gasteiger partial charge in [-0.1, -0.05) is 30.4 Å². The molecule has 0 bridgehead atoms. The molecule has 5 rings (SSSR count). The maximum atomic E-state index is 13.4. The Kier molecular flexibility index (Phi) is 12.2. The van der Waals surface area contributed by atoms with Crippen LogP contribution in [0.15, 0.2) is 94.8 Å². The van der Waals surface area contributed by atoms with E-state index in [1.54, 1.807) is 84.9 Å². The van der Waals surface area contributed by atoms with Crippen LogP contribution in [0.2, 0.25) is 0 Å². The lowest BCUT2D eigenvalue weighted by Crippen LogP contribution is -2.42. The van der Waals surface area contributed by atoms with Crippen LogP contribution in [0, 0.1) is 5.41 Å². The maximum absolute atomic E-state index is 13.4. The molecule has 0 saturated carbocycles. The zero-order chi connectivity index (χ0) is 41.3. The molecule has 0 spiro atoms. The summed E-state index contributed by atoms with van der Waals surface area (Å²) in [6.45, 7) is 5.28. The molecule has 1 unspecified atom stereocenters. The van der Waals surface area contributed by atoms with E-state index in [1.165, 1.54) is 18.2 Å². The molecule has 0 fully saturated rings. The van der Waals surface area contributed by atoms with Gasteiger partial charge in [0.05, 0.1) is 34.1 Å². The normalized spacial score (nSPS) is 21.0. The SMILES string of the molecule is CCOC(=O)C1(C(=O)O)CC(/C=C/C2=[N+](CCCS(=O)(=O)O)c3ccc(S(=O)(=O)O)cc3C2(C)C)=CC(=C/C=C2\Oc3ccccc3N2CCCS(=O)(=O)O)/C1. The third-order valence-electron chi connectivity index (χ3n) is 9.72. The minimum atomic E-state index is -4.58. The number of nitrogens with zero attached hydrogens (tertiary/aromatic N) is 2. The summed E-state index contributed by atoms with van der Waals surface area (Å²) in [5.74, 6) is -2.64. The first-order valence-electron chi connectivity index (χ1n) is 17.5. The van der Waals surface area contributed by atoms with Crippen molar-refractivity contribution in [1.29, 1.82) is 0 Å². The van der Waals surface area contributed by atoms with E-state index in [0.717, 1.165) is 0 Å². The highest BCUT2D eigenvalue weighted by Crippen LogP contribution is 2.44. The second-order valence-electron chi connectivity index (χ2n) is 14.1. The number of carbonyl (C=O) groups excluding carboxylic acids is 1. The van der Waals surface area contributed by atoms with Gasteiger partial charge in [-0.3, -0.25) is 23.2 Å². The van der Waals surface area contributed by atoms with Gasteiger partial charge in [-0.05, 0) is 81.5 Å². The molecule has 1 atom stereocenters. The second-order valence-corrected chi connectivity index (χ2v) is 18.6. The molecule has 16 nitrogen and oxygen atoms in total. The first-order valence-corrected chi connectivity index (χ1v) is 22.1. The van der Waals surface area contributed by atoms with Crippen molar-refractivity contribution < 1.29 is 67.7 Å². The zero-order valence-corrected chi connectivity index (χ0v) is 33.2. The molecule has 0 radical (unpaired) electrons. The van der Waals surface area contributed by atoms with Gasteiger partial charge in [-0.25, -0.2) is 0 Å². The van der Waals surface area contributed by atoms with Gasteiger partial charge >= 0.3 is 11.9 Å². The van der Waals surface area contributed by atoms with Crippen molar-refractivity contribution in [2.45, 2.75) is 56.8 Å².